The first-order chi connectivity index (χ1) is 8.78. The van der Waals surface area contributed by atoms with Crippen molar-refractivity contribution in [3.63, 3.8) is 0 Å². The second-order valence-corrected chi connectivity index (χ2v) is 4.85. The number of hydrogen-bond acceptors (Lipinski definition) is 4. The van der Waals surface area contributed by atoms with Crippen molar-refractivity contribution in [1.82, 2.24) is 15.3 Å². The molecular formula is C12H12ClN3OS. The summed E-state index contributed by atoms with van der Waals surface area (Å²) >= 11 is 7.11. The first-order valence-electron chi connectivity index (χ1n) is 5.44. The fourth-order valence-corrected chi connectivity index (χ4v) is 2.40. The van der Waals surface area contributed by atoms with Crippen molar-refractivity contribution >= 4 is 28.8 Å². The highest BCUT2D eigenvalue weighted by Gasteiger charge is 2.07. The lowest BCUT2D eigenvalue weighted by molar-refractivity contribution is -0.120. The maximum atomic E-state index is 11.7. The smallest absolute Gasteiger partial charge is 0.227 e. The van der Waals surface area contributed by atoms with Gasteiger partial charge in [0.1, 0.15) is 5.01 Å². The molecule has 0 fully saturated rings. The van der Waals surface area contributed by atoms with Crippen LogP contribution in [-0.4, -0.2) is 15.9 Å². The second-order valence-electron chi connectivity index (χ2n) is 3.64. The van der Waals surface area contributed by atoms with E-state index in [2.05, 4.69) is 15.3 Å². The van der Waals surface area contributed by atoms with Crippen LogP contribution in [0.2, 0.25) is 0 Å². The highest BCUT2D eigenvalue weighted by Crippen LogP contribution is 2.12. The summed E-state index contributed by atoms with van der Waals surface area (Å²) in [5.74, 6) is 0.322. The van der Waals surface area contributed by atoms with Crippen molar-refractivity contribution in [2.24, 2.45) is 0 Å². The maximum absolute atomic E-state index is 11.7. The predicted molar refractivity (Wildman–Crippen MR) is 71.5 cm³/mol. The Balaban J connectivity index is 1.82. The second kappa shape index (κ2) is 6.47. The lowest BCUT2D eigenvalue weighted by Gasteiger charge is -2.02. The summed E-state index contributed by atoms with van der Waals surface area (Å²) in [4.78, 5) is 20.0. The van der Waals surface area contributed by atoms with Gasteiger partial charge in [0.15, 0.2) is 0 Å². The minimum Gasteiger partial charge on any atom is -0.350 e. The molecule has 0 radical (unpaired) electrons. The minimum atomic E-state index is -0.0591. The zero-order valence-electron chi connectivity index (χ0n) is 9.60. The lowest BCUT2D eigenvalue weighted by atomic mass is 10.3. The summed E-state index contributed by atoms with van der Waals surface area (Å²) in [5, 5.41) is 5.46. The number of pyridine rings is 1. The number of aromatic nitrogens is 2. The largest absolute Gasteiger partial charge is 0.350 e. The Morgan fingerprint density at radius 1 is 1.39 bits per heavy atom. The topological polar surface area (TPSA) is 54.9 Å². The summed E-state index contributed by atoms with van der Waals surface area (Å²) in [6, 6.07) is 5.60. The minimum absolute atomic E-state index is 0.0591. The number of thiazole rings is 1. The van der Waals surface area contributed by atoms with Crippen molar-refractivity contribution in [2.45, 2.75) is 18.8 Å². The van der Waals surface area contributed by atoms with Crippen molar-refractivity contribution < 1.29 is 4.79 Å². The summed E-state index contributed by atoms with van der Waals surface area (Å²) in [6.07, 6.45) is 1.99. The van der Waals surface area contributed by atoms with E-state index in [-0.39, 0.29) is 12.3 Å². The fraction of sp³-hybridized carbons (Fsp3) is 0.250. The van der Waals surface area contributed by atoms with E-state index in [1.54, 1.807) is 6.20 Å². The van der Waals surface area contributed by atoms with E-state index in [0.717, 1.165) is 16.4 Å². The summed E-state index contributed by atoms with van der Waals surface area (Å²) in [7, 11) is 0. The van der Waals surface area contributed by atoms with Crippen LogP contribution in [-0.2, 0) is 23.6 Å². The molecule has 1 amide bonds. The van der Waals surface area contributed by atoms with Gasteiger partial charge < -0.3 is 5.32 Å². The number of carbonyl (C=O) groups is 1. The maximum Gasteiger partial charge on any atom is 0.227 e. The molecule has 6 heteroatoms. The van der Waals surface area contributed by atoms with E-state index in [0.29, 0.717) is 12.4 Å². The molecule has 0 aliphatic rings. The fourth-order valence-electron chi connectivity index (χ4n) is 1.38. The predicted octanol–water partition coefficient (Wildman–Crippen LogP) is 2.14. The van der Waals surface area contributed by atoms with Crippen molar-refractivity contribution in [3.8, 4) is 0 Å². The van der Waals surface area contributed by atoms with Crippen molar-refractivity contribution in [1.29, 1.82) is 0 Å². The van der Waals surface area contributed by atoms with Crippen LogP contribution < -0.4 is 5.32 Å². The number of amides is 1. The van der Waals surface area contributed by atoms with E-state index in [4.69, 9.17) is 11.6 Å². The lowest BCUT2D eigenvalue weighted by Crippen LogP contribution is -2.24. The molecule has 18 heavy (non-hydrogen) atoms. The molecule has 0 aliphatic heterocycles. The monoisotopic (exact) mass is 281 g/mol. The molecule has 0 bridgehead atoms. The molecule has 0 aromatic carbocycles. The number of halogens is 1. The van der Waals surface area contributed by atoms with Crippen LogP contribution in [0.5, 0.6) is 0 Å². The molecule has 1 N–H and O–H groups in total. The van der Waals surface area contributed by atoms with Crippen LogP contribution in [0.25, 0.3) is 0 Å². The van der Waals surface area contributed by atoms with Gasteiger partial charge >= 0.3 is 0 Å². The SMILES string of the molecule is O=C(Cc1nc(CCl)cs1)NCc1ccccn1. The number of carbonyl (C=O) groups excluding carboxylic acids is 1. The number of nitrogens with zero attached hydrogens (tertiary/aromatic N) is 2. The van der Waals surface area contributed by atoms with Gasteiger partial charge in [0.05, 0.1) is 30.2 Å². The molecule has 0 saturated heterocycles. The Bertz CT molecular complexity index is 515. The normalized spacial score (nSPS) is 10.3. The Hall–Kier alpha value is -1.46. The van der Waals surface area contributed by atoms with Gasteiger partial charge in [-0.2, -0.15) is 0 Å². The molecule has 2 aromatic rings. The van der Waals surface area contributed by atoms with Crippen LogP contribution >= 0.6 is 22.9 Å². The molecule has 94 valence electrons. The van der Waals surface area contributed by atoms with Crippen LogP contribution in [0.1, 0.15) is 16.4 Å². The van der Waals surface area contributed by atoms with Gasteiger partial charge in [0.2, 0.25) is 5.91 Å². The van der Waals surface area contributed by atoms with Crippen LogP contribution in [0.15, 0.2) is 29.8 Å². The molecule has 0 spiro atoms. The molecule has 4 nitrogen and oxygen atoms in total. The Morgan fingerprint density at radius 3 is 2.94 bits per heavy atom. The van der Waals surface area contributed by atoms with E-state index in [1.165, 1.54) is 11.3 Å². The average molecular weight is 282 g/mol. The van der Waals surface area contributed by atoms with Gasteiger partial charge in [-0.25, -0.2) is 4.98 Å². The third kappa shape index (κ3) is 3.78. The van der Waals surface area contributed by atoms with Crippen molar-refractivity contribution in [2.75, 3.05) is 0 Å². The standard InChI is InChI=1S/C12H12ClN3OS/c13-6-10-8-18-12(16-10)5-11(17)15-7-9-3-1-2-4-14-9/h1-4,8H,5-7H2,(H,15,17). The number of alkyl halides is 1. The quantitative estimate of drug-likeness (QED) is 0.854. The van der Waals surface area contributed by atoms with E-state index in [1.807, 2.05) is 23.6 Å². The van der Waals surface area contributed by atoms with Gasteiger partial charge in [0, 0.05) is 11.6 Å². The number of nitrogens with one attached hydrogen (secondary N) is 1. The van der Waals surface area contributed by atoms with E-state index < -0.39 is 0 Å². The number of rotatable bonds is 5. The van der Waals surface area contributed by atoms with Crippen LogP contribution in [0.4, 0.5) is 0 Å². The van der Waals surface area contributed by atoms with Gasteiger partial charge in [-0.3, -0.25) is 9.78 Å². The van der Waals surface area contributed by atoms with Crippen molar-refractivity contribution in [3.05, 3.63) is 46.2 Å². The zero-order chi connectivity index (χ0) is 12.8. The van der Waals surface area contributed by atoms with Gasteiger partial charge in [-0.05, 0) is 12.1 Å². The van der Waals surface area contributed by atoms with Crippen LogP contribution in [0.3, 0.4) is 0 Å². The Labute approximate surface area is 114 Å². The Kier molecular flexibility index (Phi) is 4.66. The van der Waals surface area contributed by atoms with Crippen LogP contribution in [0, 0.1) is 0 Å². The van der Waals surface area contributed by atoms with Gasteiger partial charge in [0.25, 0.3) is 0 Å². The molecular weight excluding hydrogens is 270 g/mol. The first kappa shape index (κ1) is 13.0. The highest BCUT2D eigenvalue weighted by molar-refractivity contribution is 7.09. The third-order valence-electron chi connectivity index (χ3n) is 2.24. The van der Waals surface area contributed by atoms with E-state index >= 15 is 0 Å². The van der Waals surface area contributed by atoms with E-state index in [9.17, 15) is 4.79 Å². The molecule has 0 atom stereocenters. The number of hydrogen-bond donors (Lipinski definition) is 1. The highest BCUT2D eigenvalue weighted by atomic mass is 35.5. The summed E-state index contributed by atoms with van der Waals surface area (Å²) < 4.78 is 0. The first-order valence-corrected chi connectivity index (χ1v) is 6.85. The summed E-state index contributed by atoms with van der Waals surface area (Å²) in [5.41, 5.74) is 1.65. The Morgan fingerprint density at radius 2 is 2.28 bits per heavy atom. The average Bonchev–Trinajstić information content (AvgIpc) is 2.85. The zero-order valence-corrected chi connectivity index (χ0v) is 11.2. The molecule has 2 rings (SSSR count). The third-order valence-corrected chi connectivity index (χ3v) is 3.41. The molecule has 2 aromatic heterocycles. The molecule has 0 aliphatic carbocycles. The molecule has 0 saturated carbocycles. The molecule has 0 unspecified atom stereocenters. The summed E-state index contributed by atoms with van der Waals surface area (Å²) in [6.45, 7) is 0.438. The molecule has 2 heterocycles. The van der Waals surface area contributed by atoms with Gasteiger partial charge in [-0.15, -0.1) is 22.9 Å². The van der Waals surface area contributed by atoms with Gasteiger partial charge in [-0.1, -0.05) is 6.07 Å².